The molecule has 0 unspecified atom stereocenters. The molecule has 18 heavy (non-hydrogen) atoms. The fourth-order valence-corrected chi connectivity index (χ4v) is 1.53. The summed E-state index contributed by atoms with van der Waals surface area (Å²) in [6.45, 7) is 6.14. The number of hydrogen-bond donors (Lipinski definition) is 2. The second-order valence-corrected chi connectivity index (χ2v) is 4.42. The van der Waals surface area contributed by atoms with Crippen LogP contribution in [0.4, 0.5) is 0 Å². The Balaban J connectivity index is 2.61. The highest BCUT2D eigenvalue weighted by molar-refractivity contribution is 5.86. The zero-order valence-electron chi connectivity index (χ0n) is 10.8. The van der Waals surface area contributed by atoms with Crippen molar-refractivity contribution >= 4 is 5.97 Å². The van der Waals surface area contributed by atoms with Gasteiger partial charge in [0, 0.05) is 13.0 Å². The van der Waals surface area contributed by atoms with Crippen LogP contribution in [0.25, 0.3) is 0 Å². The van der Waals surface area contributed by atoms with E-state index < -0.39 is 5.97 Å². The molecule has 1 rings (SSSR count). The molecule has 0 saturated heterocycles. The van der Waals surface area contributed by atoms with Crippen LogP contribution in [0.15, 0.2) is 0 Å². The molecule has 0 amide bonds. The van der Waals surface area contributed by atoms with Crippen LogP contribution in [0.5, 0.6) is 0 Å². The van der Waals surface area contributed by atoms with Crippen molar-refractivity contribution in [1.29, 1.82) is 0 Å². The Morgan fingerprint density at radius 3 is 2.83 bits per heavy atom. The van der Waals surface area contributed by atoms with E-state index >= 15 is 0 Å². The Morgan fingerprint density at radius 2 is 2.28 bits per heavy atom. The number of hydrogen-bond acceptors (Lipinski definition) is 5. The van der Waals surface area contributed by atoms with E-state index in [0.717, 1.165) is 0 Å². The van der Waals surface area contributed by atoms with Crippen LogP contribution in [-0.2, 0) is 17.7 Å². The first-order valence-corrected chi connectivity index (χ1v) is 5.99. The van der Waals surface area contributed by atoms with E-state index in [1.54, 1.807) is 4.68 Å². The summed E-state index contributed by atoms with van der Waals surface area (Å²) < 4.78 is 6.99. The monoisotopic (exact) mass is 256 g/mol. The molecular formula is C11H20N4O3. The third-order valence-corrected chi connectivity index (χ3v) is 2.32. The molecule has 3 N–H and O–H groups in total. The van der Waals surface area contributed by atoms with Crippen molar-refractivity contribution in [3.8, 4) is 0 Å². The van der Waals surface area contributed by atoms with Crippen LogP contribution in [0.3, 0.4) is 0 Å². The highest BCUT2D eigenvalue weighted by atomic mass is 16.5. The predicted octanol–water partition coefficient (Wildman–Crippen LogP) is 0.150. The van der Waals surface area contributed by atoms with Crippen molar-refractivity contribution in [2.75, 3.05) is 19.8 Å². The molecule has 0 aliphatic rings. The normalized spacial score (nSPS) is 11.1. The third-order valence-electron chi connectivity index (χ3n) is 2.32. The van der Waals surface area contributed by atoms with E-state index in [4.69, 9.17) is 15.6 Å². The average Bonchev–Trinajstić information content (AvgIpc) is 2.68. The molecule has 0 bridgehead atoms. The number of nitrogens with two attached hydrogens (primary N) is 1. The minimum Gasteiger partial charge on any atom is -0.476 e. The predicted molar refractivity (Wildman–Crippen MR) is 65.4 cm³/mol. The van der Waals surface area contributed by atoms with Gasteiger partial charge in [-0.15, -0.1) is 5.10 Å². The summed E-state index contributed by atoms with van der Waals surface area (Å²) in [5, 5.41) is 16.4. The Morgan fingerprint density at radius 1 is 1.56 bits per heavy atom. The van der Waals surface area contributed by atoms with E-state index in [1.165, 1.54) is 0 Å². The number of carboxylic acid groups (broad SMARTS) is 1. The number of carbonyl (C=O) groups is 1. The molecule has 0 aliphatic heterocycles. The maximum atomic E-state index is 10.9. The van der Waals surface area contributed by atoms with Gasteiger partial charge in [-0.05, 0) is 12.5 Å². The first-order valence-electron chi connectivity index (χ1n) is 5.99. The third kappa shape index (κ3) is 4.08. The molecule has 102 valence electrons. The lowest BCUT2D eigenvalue weighted by molar-refractivity contribution is 0.0689. The SMILES string of the molecule is CC(C)COCCn1nnc(C(=O)O)c1CCN. The lowest BCUT2D eigenvalue weighted by Crippen LogP contribution is -2.16. The van der Waals surface area contributed by atoms with E-state index in [2.05, 4.69) is 24.2 Å². The average molecular weight is 256 g/mol. The molecule has 0 fully saturated rings. The van der Waals surface area contributed by atoms with Crippen LogP contribution < -0.4 is 5.73 Å². The highest BCUT2D eigenvalue weighted by Crippen LogP contribution is 2.06. The van der Waals surface area contributed by atoms with Gasteiger partial charge < -0.3 is 15.6 Å². The molecular weight excluding hydrogens is 236 g/mol. The van der Waals surface area contributed by atoms with Crippen molar-refractivity contribution in [3.63, 3.8) is 0 Å². The van der Waals surface area contributed by atoms with Gasteiger partial charge in [-0.25, -0.2) is 9.48 Å². The fraction of sp³-hybridized carbons (Fsp3) is 0.727. The minimum absolute atomic E-state index is 0.0238. The van der Waals surface area contributed by atoms with Crippen molar-refractivity contribution in [2.45, 2.75) is 26.8 Å². The standard InChI is InChI=1S/C11H20N4O3/c1-8(2)7-18-6-5-15-9(3-4-12)10(11(16)17)13-14-15/h8H,3-7,12H2,1-2H3,(H,16,17). The number of nitrogens with zero attached hydrogens (tertiary/aromatic N) is 3. The second kappa shape index (κ2) is 7.07. The lowest BCUT2D eigenvalue weighted by Gasteiger charge is -2.08. The fourth-order valence-electron chi connectivity index (χ4n) is 1.53. The number of aromatic carboxylic acids is 1. The number of ether oxygens (including phenoxy) is 1. The zero-order chi connectivity index (χ0) is 13.5. The van der Waals surface area contributed by atoms with Gasteiger partial charge in [-0.3, -0.25) is 0 Å². The molecule has 1 aromatic heterocycles. The summed E-state index contributed by atoms with van der Waals surface area (Å²) in [4.78, 5) is 10.9. The molecule has 0 aliphatic carbocycles. The molecule has 7 nitrogen and oxygen atoms in total. The molecule has 0 aromatic carbocycles. The Kier molecular flexibility index (Phi) is 5.73. The van der Waals surface area contributed by atoms with Crippen LogP contribution in [0.1, 0.15) is 30.0 Å². The van der Waals surface area contributed by atoms with Crippen molar-refractivity contribution in [2.24, 2.45) is 11.7 Å². The summed E-state index contributed by atoms with van der Waals surface area (Å²) in [6, 6.07) is 0. The van der Waals surface area contributed by atoms with Gasteiger partial charge in [0.1, 0.15) is 0 Å². The molecule has 1 aromatic rings. The van der Waals surface area contributed by atoms with Crippen LogP contribution >= 0.6 is 0 Å². The van der Waals surface area contributed by atoms with Crippen molar-refractivity contribution in [1.82, 2.24) is 15.0 Å². The van der Waals surface area contributed by atoms with Gasteiger partial charge in [-0.2, -0.15) is 0 Å². The first kappa shape index (κ1) is 14.6. The largest absolute Gasteiger partial charge is 0.476 e. The van der Waals surface area contributed by atoms with Gasteiger partial charge in [0.15, 0.2) is 5.69 Å². The Labute approximate surface area is 106 Å². The maximum absolute atomic E-state index is 10.9. The topological polar surface area (TPSA) is 103 Å². The van der Waals surface area contributed by atoms with Crippen LogP contribution in [0, 0.1) is 5.92 Å². The molecule has 7 heteroatoms. The van der Waals surface area contributed by atoms with Crippen LogP contribution in [0.2, 0.25) is 0 Å². The zero-order valence-corrected chi connectivity index (χ0v) is 10.8. The summed E-state index contributed by atoms with van der Waals surface area (Å²) >= 11 is 0. The Bertz CT molecular complexity index is 390. The quantitative estimate of drug-likeness (QED) is 0.642. The van der Waals surface area contributed by atoms with Gasteiger partial charge in [0.05, 0.1) is 18.8 Å². The lowest BCUT2D eigenvalue weighted by atomic mass is 10.2. The number of rotatable bonds is 8. The molecule has 0 spiro atoms. The summed E-state index contributed by atoms with van der Waals surface area (Å²) in [5.74, 6) is -0.605. The number of carboxylic acids is 1. The maximum Gasteiger partial charge on any atom is 0.358 e. The number of aromatic nitrogens is 3. The molecule has 1 heterocycles. The minimum atomic E-state index is -1.08. The second-order valence-electron chi connectivity index (χ2n) is 4.42. The Hall–Kier alpha value is -1.47. The summed E-state index contributed by atoms with van der Waals surface area (Å²) in [7, 11) is 0. The highest BCUT2D eigenvalue weighted by Gasteiger charge is 2.17. The van der Waals surface area contributed by atoms with Crippen molar-refractivity contribution < 1.29 is 14.6 Å². The summed E-state index contributed by atoms with van der Waals surface area (Å²) in [5.41, 5.74) is 5.99. The van der Waals surface area contributed by atoms with Gasteiger partial charge in [-0.1, -0.05) is 19.1 Å². The first-order chi connectivity index (χ1) is 8.56. The molecule has 0 atom stereocenters. The van der Waals surface area contributed by atoms with E-state index in [1.807, 2.05) is 0 Å². The van der Waals surface area contributed by atoms with E-state index in [-0.39, 0.29) is 5.69 Å². The van der Waals surface area contributed by atoms with Crippen molar-refractivity contribution in [3.05, 3.63) is 11.4 Å². The van der Waals surface area contributed by atoms with Gasteiger partial charge in [0.25, 0.3) is 0 Å². The van der Waals surface area contributed by atoms with Gasteiger partial charge >= 0.3 is 5.97 Å². The smallest absolute Gasteiger partial charge is 0.358 e. The molecule has 0 radical (unpaired) electrons. The van der Waals surface area contributed by atoms with E-state index in [0.29, 0.717) is 44.3 Å². The summed E-state index contributed by atoms with van der Waals surface area (Å²) in [6.07, 6.45) is 0.443. The van der Waals surface area contributed by atoms with E-state index in [9.17, 15) is 4.79 Å². The van der Waals surface area contributed by atoms with Crippen LogP contribution in [-0.4, -0.2) is 45.8 Å². The van der Waals surface area contributed by atoms with Gasteiger partial charge in [0.2, 0.25) is 0 Å². The molecule has 0 saturated carbocycles.